The van der Waals surface area contributed by atoms with Gasteiger partial charge in [-0.05, 0) is 79.3 Å². The van der Waals surface area contributed by atoms with E-state index in [0.717, 1.165) is 5.56 Å². The second-order valence-corrected chi connectivity index (χ2v) is 6.55. The summed E-state index contributed by atoms with van der Waals surface area (Å²) in [5.41, 5.74) is 1.35. The minimum absolute atomic E-state index is 0.233. The van der Waals surface area contributed by atoms with Gasteiger partial charge in [0, 0.05) is 3.57 Å². The monoisotopic (exact) mass is 457 g/mol. The Kier molecular flexibility index (Phi) is 7.04. The van der Waals surface area contributed by atoms with Crippen molar-refractivity contribution in [1.29, 1.82) is 0 Å². The summed E-state index contributed by atoms with van der Waals surface area (Å²) in [4.78, 5) is 12.4. The molecule has 0 radical (unpaired) electrons. The molecule has 2 aromatic carbocycles. The van der Waals surface area contributed by atoms with Gasteiger partial charge in [-0.25, -0.2) is 4.39 Å². The molecule has 1 N–H and O–H groups in total. The number of carbonyl (C=O) groups excluding carboxylic acids is 1. The average Bonchev–Trinajstić information content (AvgIpc) is 2.56. The standard InChI is InChI=1S/C19H21FINO3/c1-4-24-17-9-6-13(10-18(17)25-5-2)12(3)22-19(23)15-8-7-14(20)11-16(15)21/h6-12H,4-5H2,1-3H3,(H,22,23). The van der Waals surface area contributed by atoms with Crippen LogP contribution in [0.15, 0.2) is 36.4 Å². The Morgan fingerprint density at radius 2 is 1.80 bits per heavy atom. The molecule has 0 saturated heterocycles. The number of benzene rings is 2. The lowest BCUT2D eigenvalue weighted by atomic mass is 10.1. The van der Waals surface area contributed by atoms with Crippen molar-refractivity contribution in [2.24, 2.45) is 0 Å². The SMILES string of the molecule is CCOc1ccc(C(C)NC(=O)c2ccc(F)cc2I)cc1OCC. The summed E-state index contributed by atoms with van der Waals surface area (Å²) < 4.78 is 24.9. The highest BCUT2D eigenvalue weighted by Gasteiger charge is 2.16. The molecule has 0 aliphatic carbocycles. The van der Waals surface area contributed by atoms with E-state index in [0.29, 0.717) is 33.8 Å². The first-order chi connectivity index (χ1) is 12.0. The van der Waals surface area contributed by atoms with Crippen LogP contribution in [0.1, 0.15) is 42.7 Å². The van der Waals surface area contributed by atoms with Gasteiger partial charge in [-0.3, -0.25) is 4.79 Å². The molecule has 0 heterocycles. The molecule has 25 heavy (non-hydrogen) atoms. The third-order valence-corrected chi connectivity index (χ3v) is 4.48. The van der Waals surface area contributed by atoms with Gasteiger partial charge < -0.3 is 14.8 Å². The van der Waals surface area contributed by atoms with Crippen molar-refractivity contribution in [1.82, 2.24) is 5.32 Å². The van der Waals surface area contributed by atoms with Gasteiger partial charge in [0.1, 0.15) is 5.82 Å². The summed E-state index contributed by atoms with van der Waals surface area (Å²) in [6.07, 6.45) is 0. The van der Waals surface area contributed by atoms with E-state index < -0.39 is 0 Å². The first-order valence-corrected chi connectivity index (χ1v) is 9.19. The Bertz CT molecular complexity index is 751. The number of carbonyl (C=O) groups is 1. The van der Waals surface area contributed by atoms with Gasteiger partial charge in [-0.1, -0.05) is 6.07 Å². The molecule has 4 nitrogen and oxygen atoms in total. The van der Waals surface area contributed by atoms with Gasteiger partial charge in [0.05, 0.1) is 24.8 Å². The van der Waals surface area contributed by atoms with Gasteiger partial charge in [0.15, 0.2) is 11.5 Å². The number of nitrogens with one attached hydrogen (secondary N) is 1. The Hall–Kier alpha value is -1.83. The normalized spacial score (nSPS) is 11.7. The highest BCUT2D eigenvalue weighted by Crippen LogP contribution is 2.31. The predicted molar refractivity (Wildman–Crippen MR) is 104 cm³/mol. The molecule has 0 saturated carbocycles. The van der Waals surface area contributed by atoms with Crippen LogP contribution in [0.2, 0.25) is 0 Å². The van der Waals surface area contributed by atoms with Crippen LogP contribution in [0.25, 0.3) is 0 Å². The Labute approximate surface area is 160 Å². The third-order valence-electron chi connectivity index (χ3n) is 3.59. The molecule has 0 bridgehead atoms. The fraction of sp³-hybridized carbons (Fsp3) is 0.316. The van der Waals surface area contributed by atoms with Crippen LogP contribution in [0.4, 0.5) is 4.39 Å². The molecule has 0 aliphatic rings. The lowest BCUT2D eigenvalue weighted by molar-refractivity contribution is 0.0939. The lowest BCUT2D eigenvalue weighted by Crippen LogP contribution is -2.27. The maximum atomic E-state index is 13.2. The highest BCUT2D eigenvalue weighted by atomic mass is 127. The molecule has 0 aliphatic heterocycles. The summed E-state index contributed by atoms with van der Waals surface area (Å²) in [5.74, 6) is 0.727. The molecule has 1 unspecified atom stereocenters. The minimum Gasteiger partial charge on any atom is -0.490 e. The number of amides is 1. The van der Waals surface area contributed by atoms with E-state index in [1.54, 1.807) is 0 Å². The molecule has 0 spiro atoms. The zero-order valence-electron chi connectivity index (χ0n) is 14.4. The molecule has 2 rings (SSSR count). The highest BCUT2D eigenvalue weighted by molar-refractivity contribution is 14.1. The maximum Gasteiger partial charge on any atom is 0.252 e. The largest absolute Gasteiger partial charge is 0.490 e. The zero-order valence-corrected chi connectivity index (χ0v) is 16.6. The van der Waals surface area contributed by atoms with Gasteiger partial charge in [-0.2, -0.15) is 0 Å². The van der Waals surface area contributed by atoms with Crippen LogP contribution in [-0.4, -0.2) is 19.1 Å². The number of halogens is 2. The molecule has 1 amide bonds. The molecule has 134 valence electrons. The van der Waals surface area contributed by atoms with Crippen molar-refractivity contribution < 1.29 is 18.7 Å². The van der Waals surface area contributed by atoms with Crippen molar-refractivity contribution >= 4 is 28.5 Å². The number of rotatable bonds is 7. The number of ether oxygens (including phenoxy) is 2. The van der Waals surface area contributed by atoms with Crippen molar-refractivity contribution in [3.63, 3.8) is 0 Å². The van der Waals surface area contributed by atoms with Gasteiger partial charge >= 0.3 is 0 Å². The summed E-state index contributed by atoms with van der Waals surface area (Å²) in [5, 5.41) is 2.93. The summed E-state index contributed by atoms with van der Waals surface area (Å²) in [6.45, 7) is 6.79. The van der Waals surface area contributed by atoms with Crippen LogP contribution >= 0.6 is 22.6 Å². The van der Waals surface area contributed by atoms with Crippen LogP contribution in [-0.2, 0) is 0 Å². The maximum absolute atomic E-state index is 13.2. The molecular formula is C19H21FINO3. The van der Waals surface area contributed by atoms with Crippen molar-refractivity contribution in [3.8, 4) is 11.5 Å². The molecule has 0 fully saturated rings. The first-order valence-electron chi connectivity index (χ1n) is 8.11. The van der Waals surface area contributed by atoms with Gasteiger partial charge in [-0.15, -0.1) is 0 Å². The Morgan fingerprint density at radius 1 is 1.12 bits per heavy atom. The van der Waals surface area contributed by atoms with E-state index in [-0.39, 0.29) is 17.8 Å². The van der Waals surface area contributed by atoms with Crippen LogP contribution in [0.3, 0.4) is 0 Å². The van der Waals surface area contributed by atoms with E-state index in [1.165, 1.54) is 18.2 Å². The topological polar surface area (TPSA) is 47.6 Å². The molecular weight excluding hydrogens is 436 g/mol. The van der Waals surface area contributed by atoms with Crippen molar-refractivity contribution in [2.45, 2.75) is 26.8 Å². The fourth-order valence-corrected chi connectivity index (χ4v) is 3.09. The molecule has 1 atom stereocenters. The van der Waals surface area contributed by atoms with Crippen LogP contribution in [0.5, 0.6) is 11.5 Å². The summed E-state index contributed by atoms with van der Waals surface area (Å²) in [6, 6.07) is 9.49. The van der Waals surface area contributed by atoms with E-state index >= 15 is 0 Å². The number of hydrogen-bond acceptors (Lipinski definition) is 3. The molecule has 0 aromatic heterocycles. The Morgan fingerprint density at radius 3 is 2.44 bits per heavy atom. The summed E-state index contributed by atoms with van der Waals surface area (Å²) in [7, 11) is 0. The third kappa shape index (κ3) is 5.07. The van der Waals surface area contributed by atoms with E-state index in [4.69, 9.17) is 9.47 Å². The van der Waals surface area contributed by atoms with E-state index in [9.17, 15) is 9.18 Å². The van der Waals surface area contributed by atoms with Gasteiger partial charge in [0.2, 0.25) is 0 Å². The lowest BCUT2D eigenvalue weighted by Gasteiger charge is -2.18. The smallest absolute Gasteiger partial charge is 0.252 e. The predicted octanol–water partition coefficient (Wildman–Crippen LogP) is 4.72. The number of hydrogen-bond donors (Lipinski definition) is 1. The Balaban J connectivity index is 2.18. The van der Waals surface area contributed by atoms with Crippen LogP contribution < -0.4 is 14.8 Å². The quantitative estimate of drug-likeness (QED) is 0.613. The average molecular weight is 457 g/mol. The van der Waals surface area contributed by atoms with Crippen molar-refractivity contribution in [2.75, 3.05) is 13.2 Å². The van der Waals surface area contributed by atoms with Gasteiger partial charge in [0.25, 0.3) is 5.91 Å². The summed E-state index contributed by atoms with van der Waals surface area (Å²) >= 11 is 1.96. The minimum atomic E-state index is -0.359. The second-order valence-electron chi connectivity index (χ2n) is 5.39. The fourth-order valence-electron chi connectivity index (χ4n) is 2.37. The first kappa shape index (κ1) is 19.5. The molecule has 6 heteroatoms. The van der Waals surface area contributed by atoms with E-state index in [2.05, 4.69) is 5.32 Å². The molecule has 2 aromatic rings. The van der Waals surface area contributed by atoms with Crippen molar-refractivity contribution in [3.05, 3.63) is 56.9 Å². The van der Waals surface area contributed by atoms with E-state index in [1.807, 2.05) is 61.6 Å². The van der Waals surface area contributed by atoms with Crippen LogP contribution in [0, 0.1) is 9.39 Å². The zero-order chi connectivity index (χ0) is 18.4. The second kappa shape index (κ2) is 9.03.